The summed E-state index contributed by atoms with van der Waals surface area (Å²) in [6, 6.07) is 4.06. The monoisotopic (exact) mass is 453 g/mol. The first-order valence-electron chi connectivity index (χ1n) is 9.27. The standard InChI is InChI=1S/C20H18F3N3O6/c1-25-9-13-12(6-14(25)27)17(30)16(18(31)24-7-15(28)29)19(32)26(13)8-10-2-4-11(5-3-10)20(21,22)23/h2-5,30H,6-9H2,1H3,(H,24,31)(H,28,29). The van der Waals surface area contributed by atoms with Crippen LogP contribution in [0.2, 0.25) is 0 Å². The molecule has 1 aromatic heterocycles. The van der Waals surface area contributed by atoms with Gasteiger partial charge < -0.3 is 25.0 Å². The smallest absolute Gasteiger partial charge is 0.416 e. The van der Waals surface area contributed by atoms with Crippen molar-refractivity contribution in [3.63, 3.8) is 0 Å². The van der Waals surface area contributed by atoms with Crippen molar-refractivity contribution in [3.8, 4) is 5.75 Å². The van der Waals surface area contributed by atoms with E-state index in [1.807, 2.05) is 5.32 Å². The number of carboxylic acid groups (broad SMARTS) is 1. The molecule has 2 amide bonds. The van der Waals surface area contributed by atoms with Gasteiger partial charge in [0, 0.05) is 18.3 Å². The maximum atomic E-state index is 13.1. The number of aliphatic carboxylic acids is 1. The Morgan fingerprint density at radius 3 is 2.34 bits per heavy atom. The van der Waals surface area contributed by atoms with Gasteiger partial charge in [-0.2, -0.15) is 13.2 Å². The molecule has 0 aliphatic carbocycles. The van der Waals surface area contributed by atoms with E-state index in [-0.39, 0.29) is 36.7 Å². The number of aromatic hydroxyl groups is 1. The Balaban J connectivity index is 2.11. The molecule has 0 spiro atoms. The lowest BCUT2D eigenvalue weighted by molar-refractivity contribution is -0.138. The van der Waals surface area contributed by atoms with E-state index < -0.39 is 47.0 Å². The molecule has 2 heterocycles. The van der Waals surface area contributed by atoms with Gasteiger partial charge in [-0.05, 0) is 17.7 Å². The Labute approximate surface area is 178 Å². The zero-order valence-corrected chi connectivity index (χ0v) is 16.7. The number of fused-ring (bicyclic) bond motifs is 1. The van der Waals surface area contributed by atoms with Crippen molar-refractivity contribution >= 4 is 17.8 Å². The number of nitrogens with zero attached hydrogens (tertiary/aromatic N) is 2. The highest BCUT2D eigenvalue weighted by atomic mass is 19.4. The summed E-state index contributed by atoms with van der Waals surface area (Å²) in [4.78, 5) is 49.7. The van der Waals surface area contributed by atoms with Crippen molar-refractivity contribution in [1.29, 1.82) is 0 Å². The van der Waals surface area contributed by atoms with Crippen LogP contribution in [0.1, 0.15) is 32.7 Å². The molecule has 1 aromatic carbocycles. The highest BCUT2D eigenvalue weighted by Crippen LogP contribution is 2.31. The van der Waals surface area contributed by atoms with Crippen LogP contribution in [0.25, 0.3) is 0 Å². The minimum Gasteiger partial charge on any atom is -0.507 e. The van der Waals surface area contributed by atoms with E-state index in [1.165, 1.54) is 24.1 Å². The van der Waals surface area contributed by atoms with Crippen LogP contribution in [-0.2, 0) is 35.3 Å². The van der Waals surface area contributed by atoms with Crippen LogP contribution in [-0.4, -0.2) is 51.1 Å². The van der Waals surface area contributed by atoms with Crippen molar-refractivity contribution in [2.75, 3.05) is 13.6 Å². The molecule has 0 unspecified atom stereocenters. The first kappa shape index (κ1) is 22.8. The number of rotatable bonds is 5. The molecule has 3 rings (SSSR count). The summed E-state index contributed by atoms with van der Waals surface area (Å²) < 4.78 is 39.6. The maximum absolute atomic E-state index is 13.1. The fourth-order valence-electron chi connectivity index (χ4n) is 3.37. The number of carbonyl (C=O) groups is 3. The SMILES string of the molecule is CN1Cc2c(c(O)c(C(=O)NCC(=O)O)c(=O)n2Cc2ccc(C(F)(F)F)cc2)CC1=O. The van der Waals surface area contributed by atoms with Crippen molar-refractivity contribution in [3.05, 3.63) is 62.6 Å². The number of nitrogens with one attached hydrogen (secondary N) is 1. The first-order chi connectivity index (χ1) is 14.9. The van der Waals surface area contributed by atoms with Gasteiger partial charge in [-0.15, -0.1) is 0 Å². The Morgan fingerprint density at radius 1 is 1.16 bits per heavy atom. The molecule has 3 N–H and O–H groups in total. The predicted octanol–water partition coefficient (Wildman–Crippen LogP) is 0.950. The highest BCUT2D eigenvalue weighted by molar-refractivity contribution is 5.99. The van der Waals surface area contributed by atoms with Crippen molar-refractivity contribution in [2.45, 2.75) is 25.7 Å². The van der Waals surface area contributed by atoms with Gasteiger partial charge in [0.15, 0.2) is 0 Å². The second-order valence-corrected chi connectivity index (χ2v) is 7.24. The van der Waals surface area contributed by atoms with Crippen LogP contribution in [0, 0.1) is 0 Å². The number of halogens is 3. The number of pyridine rings is 1. The maximum Gasteiger partial charge on any atom is 0.416 e. The average Bonchev–Trinajstić information content (AvgIpc) is 2.71. The van der Waals surface area contributed by atoms with Crippen molar-refractivity contribution < 1.29 is 37.8 Å². The molecule has 1 aliphatic heterocycles. The lowest BCUT2D eigenvalue weighted by Gasteiger charge is -2.29. The summed E-state index contributed by atoms with van der Waals surface area (Å²) >= 11 is 0. The van der Waals surface area contributed by atoms with Crippen LogP contribution in [0.5, 0.6) is 5.75 Å². The van der Waals surface area contributed by atoms with E-state index in [0.29, 0.717) is 5.56 Å². The summed E-state index contributed by atoms with van der Waals surface area (Å²) in [5.74, 6) is -3.63. The van der Waals surface area contributed by atoms with E-state index in [1.54, 1.807) is 0 Å². The molecule has 0 atom stereocenters. The van der Waals surface area contributed by atoms with Crippen LogP contribution < -0.4 is 10.9 Å². The molecular formula is C20H18F3N3O6. The minimum absolute atomic E-state index is 0.0279. The Kier molecular flexibility index (Phi) is 5.97. The third-order valence-corrected chi connectivity index (χ3v) is 5.05. The first-order valence-corrected chi connectivity index (χ1v) is 9.27. The van der Waals surface area contributed by atoms with Gasteiger partial charge >= 0.3 is 12.1 Å². The van der Waals surface area contributed by atoms with Gasteiger partial charge in [0.05, 0.1) is 25.1 Å². The molecule has 0 saturated heterocycles. The number of hydrogen-bond donors (Lipinski definition) is 3. The molecule has 0 bridgehead atoms. The van der Waals surface area contributed by atoms with Gasteiger partial charge in [0.25, 0.3) is 11.5 Å². The van der Waals surface area contributed by atoms with E-state index in [4.69, 9.17) is 5.11 Å². The second-order valence-electron chi connectivity index (χ2n) is 7.24. The third-order valence-electron chi connectivity index (χ3n) is 5.05. The molecule has 32 heavy (non-hydrogen) atoms. The minimum atomic E-state index is -4.54. The predicted molar refractivity (Wildman–Crippen MR) is 103 cm³/mol. The Bertz CT molecular complexity index is 1160. The summed E-state index contributed by atoms with van der Waals surface area (Å²) in [7, 11) is 1.47. The van der Waals surface area contributed by atoms with Gasteiger partial charge in [-0.25, -0.2) is 0 Å². The van der Waals surface area contributed by atoms with Crippen LogP contribution in [0.15, 0.2) is 29.1 Å². The van der Waals surface area contributed by atoms with E-state index in [0.717, 1.165) is 16.7 Å². The molecule has 9 nitrogen and oxygen atoms in total. The summed E-state index contributed by atoms with van der Waals surface area (Å²) in [6.07, 6.45) is -4.85. The lowest BCUT2D eigenvalue weighted by atomic mass is 9.99. The topological polar surface area (TPSA) is 129 Å². The molecule has 12 heteroatoms. The number of benzene rings is 1. The Hall–Kier alpha value is -3.83. The van der Waals surface area contributed by atoms with Gasteiger partial charge in [-0.3, -0.25) is 19.2 Å². The number of likely N-dealkylation sites (N-methyl/N-ethyl adjacent to an activating group) is 1. The lowest BCUT2D eigenvalue weighted by Crippen LogP contribution is -2.42. The zero-order chi connectivity index (χ0) is 23.8. The molecular weight excluding hydrogens is 435 g/mol. The van der Waals surface area contributed by atoms with Crippen molar-refractivity contribution in [2.24, 2.45) is 0 Å². The summed E-state index contributed by atoms with van der Waals surface area (Å²) in [5.41, 5.74) is -2.02. The number of hydrogen-bond acceptors (Lipinski definition) is 5. The zero-order valence-electron chi connectivity index (χ0n) is 16.7. The van der Waals surface area contributed by atoms with Gasteiger partial charge in [-0.1, -0.05) is 12.1 Å². The number of amides is 2. The molecule has 0 saturated carbocycles. The second kappa shape index (κ2) is 8.36. The van der Waals surface area contributed by atoms with Gasteiger partial charge in [0.1, 0.15) is 17.9 Å². The van der Waals surface area contributed by atoms with Crippen LogP contribution in [0.3, 0.4) is 0 Å². The van der Waals surface area contributed by atoms with Crippen LogP contribution in [0.4, 0.5) is 13.2 Å². The van der Waals surface area contributed by atoms with Gasteiger partial charge in [0.2, 0.25) is 5.91 Å². The fourth-order valence-corrected chi connectivity index (χ4v) is 3.37. The average molecular weight is 453 g/mol. The van der Waals surface area contributed by atoms with E-state index in [2.05, 4.69) is 0 Å². The molecule has 2 aromatic rings. The van der Waals surface area contributed by atoms with E-state index >= 15 is 0 Å². The highest BCUT2D eigenvalue weighted by Gasteiger charge is 2.32. The molecule has 0 radical (unpaired) electrons. The van der Waals surface area contributed by atoms with Crippen molar-refractivity contribution in [1.82, 2.24) is 14.8 Å². The van der Waals surface area contributed by atoms with E-state index in [9.17, 15) is 37.5 Å². The summed E-state index contributed by atoms with van der Waals surface area (Å²) in [5, 5.41) is 21.3. The quantitative estimate of drug-likeness (QED) is 0.618. The largest absolute Gasteiger partial charge is 0.507 e. The Morgan fingerprint density at radius 2 is 1.78 bits per heavy atom. The molecule has 1 aliphatic rings. The molecule has 0 fully saturated rings. The fraction of sp³-hybridized carbons (Fsp3) is 0.300. The number of carboxylic acids is 1. The summed E-state index contributed by atoms with van der Waals surface area (Å²) in [6.45, 7) is -1.12. The number of alkyl halides is 3. The number of carbonyl (C=O) groups excluding carboxylic acids is 2. The number of aromatic nitrogens is 1. The normalized spacial score (nSPS) is 13.6. The molecule has 170 valence electrons. The van der Waals surface area contributed by atoms with Crippen LogP contribution >= 0.6 is 0 Å². The third kappa shape index (κ3) is 4.43.